The van der Waals surface area contributed by atoms with Crippen LogP contribution in [0.15, 0.2) is 18.2 Å². The zero-order valence-corrected chi connectivity index (χ0v) is 14.8. The molecule has 0 spiro atoms. The van der Waals surface area contributed by atoms with Crippen LogP contribution in [0.1, 0.15) is 44.1 Å². The molecule has 4 nitrogen and oxygen atoms in total. The standard InChI is InChI=1S/C18H27N3O.ClH/c1-20(14-7-3-2-4-8-14)18(22)13-21-12-6-9-15-16(19)10-5-11-17(15)21;/h5,10-11,14H,2-4,6-9,12-13,19H2,1H3;1H. The third-order valence-electron chi connectivity index (χ3n) is 5.22. The topological polar surface area (TPSA) is 49.6 Å². The third-order valence-corrected chi connectivity index (χ3v) is 5.22. The molecule has 1 saturated carbocycles. The SMILES string of the molecule is CN(C(=O)CN1CCCc2c(N)cccc21)C1CCCCC1.Cl. The smallest absolute Gasteiger partial charge is 0.242 e. The van der Waals surface area contributed by atoms with E-state index in [0.717, 1.165) is 43.6 Å². The van der Waals surface area contributed by atoms with E-state index >= 15 is 0 Å². The van der Waals surface area contributed by atoms with E-state index in [1.165, 1.54) is 24.8 Å². The summed E-state index contributed by atoms with van der Waals surface area (Å²) in [5, 5.41) is 0. The molecule has 1 heterocycles. The maximum absolute atomic E-state index is 12.7. The van der Waals surface area contributed by atoms with E-state index < -0.39 is 0 Å². The minimum absolute atomic E-state index is 0. The molecule has 0 bridgehead atoms. The average Bonchev–Trinajstić information content (AvgIpc) is 2.56. The van der Waals surface area contributed by atoms with Crippen molar-refractivity contribution in [1.82, 2.24) is 4.90 Å². The van der Waals surface area contributed by atoms with Gasteiger partial charge >= 0.3 is 0 Å². The number of nitrogen functional groups attached to an aromatic ring is 1. The Hall–Kier alpha value is -1.42. The van der Waals surface area contributed by atoms with Crippen LogP contribution in [-0.4, -0.2) is 37.0 Å². The third kappa shape index (κ3) is 3.92. The van der Waals surface area contributed by atoms with Gasteiger partial charge in [0.2, 0.25) is 5.91 Å². The van der Waals surface area contributed by atoms with Crippen LogP contribution < -0.4 is 10.6 Å². The first kappa shape index (κ1) is 17.9. The Kier molecular flexibility index (Phi) is 6.17. The highest BCUT2D eigenvalue weighted by molar-refractivity contribution is 5.85. The zero-order valence-electron chi connectivity index (χ0n) is 14.0. The minimum atomic E-state index is 0. The lowest BCUT2D eigenvalue weighted by Crippen LogP contribution is -2.45. The van der Waals surface area contributed by atoms with Crippen LogP contribution in [0.25, 0.3) is 0 Å². The second kappa shape index (κ2) is 7.91. The molecule has 0 radical (unpaired) electrons. The van der Waals surface area contributed by atoms with Gasteiger partial charge < -0.3 is 15.5 Å². The second-order valence-corrected chi connectivity index (χ2v) is 6.67. The van der Waals surface area contributed by atoms with Crippen LogP contribution in [0.5, 0.6) is 0 Å². The first-order chi connectivity index (χ1) is 10.7. The van der Waals surface area contributed by atoms with E-state index in [2.05, 4.69) is 11.0 Å². The van der Waals surface area contributed by atoms with Gasteiger partial charge in [0.05, 0.1) is 6.54 Å². The molecule has 1 aromatic rings. The normalized spacial score (nSPS) is 18.0. The van der Waals surface area contributed by atoms with E-state index in [0.29, 0.717) is 12.6 Å². The van der Waals surface area contributed by atoms with Crippen molar-refractivity contribution in [3.05, 3.63) is 23.8 Å². The highest BCUT2D eigenvalue weighted by Crippen LogP contribution is 2.31. The van der Waals surface area contributed by atoms with Gasteiger partial charge in [-0.2, -0.15) is 0 Å². The van der Waals surface area contributed by atoms with Crippen molar-refractivity contribution in [3.63, 3.8) is 0 Å². The van der Waals surface area contributed by atoms with E-state index in [1.54, 1.807) is 0 Å². The van der Waals surface area contributed by atoms with Crippen molar-refractivity contribution in [2.45, 2.75) is 51.0 Å². The van der Waals surface area contributed by atoms with Crippen LogP contribution in [-0.2, 0) is 11.2 Å². The summed E-state index contributed by atoms with van der Waals surface area (Å²) in [7, 11) is 1.97. The van der Waals surface area contributed by atoms with Gasteiger partial charge in [0.25, 0.3) is 0 Å². The number of benzene rings is 1. The predicted molar refractivity (Wildman–Crippen MR) is 98.3 cm³/mol. The summed E-state index contributed by atoms with van der Waals surface area (Å²) in [5.41, 5.74) is 9.31. The maximum Gasteiger partial charge on any atom is 0.242 e. The van der Waals surface area contributed by atoms with E-state index in [4.69, 9.17) is 5.73 Å². The highest BCUT2D eigenvalue weighted by Gasteiger charge is 2.25. The number of rotatable bonds is 3. The number of likely N-dealkylation sites (N-methyl/N-ethyl adjacent to an activating group) is 1. The number of carbonyl (C=O) groups is 1. The molecule has 1 fully saturated rings. The van der Waals surface area contributed by atoms with Gasteiger partial charge in [-0.25, -0.2) is 0 Å². The Morgan fingerprint density at radius 1 is 1.26 bits per heavy atom. The van der Waals surface area contributed by atoms with Crippen molar-refractivity contribution >= 4 is 29.7 Å². The van der Waals surface area contributed by atoms with E-state index in [1.807, 2.05) is 24.1 Å². The van der Waals surface area contributed by atoms with Crippen LogP contribution >= 0.6 is 12.4 Å². The Morgan fingerprint density at radius 3 is 2.74 bits per heavy atom. The number of halogens is 1. The van der Waals surface area contributed by atoms with E-state index in [9.17, 15) is 4.79 Å². The molecule has 0 unspecified atom stereocenters. The number of nitrogens with zero attached hydrogens (tertiary/aromatic N) is 2. The Labute approximate surface area is 145 Å². The van der Waals surface area contributed by atoms with Gasteiger partial charge in [-0.3, -0.25) is 4.79 Å². The number of hydrogen-bond acceptors (Lipinski definition) is 3. The first-order valence-corrected chi connectivity index (χ1v) is 8.55. The van der Waals surface area contributed by atoms with Crippen LogP contribution in [0.4, 0.5) is 11.4 Å². The number of carbonyl (C=O) groups excluding carboxylic acids is 1. The second-order valence-electron chi connectivity index (χ2n) is 6.67. The summed E-state index contributed by atoms with van der Waals surface area (Å²) in [6, 6.07) is 6.48. The summed E-state index contributed by atoms with van der Waals surface area (Å²) in [6.45, 7) is 1.42. The van der Waals surface area contributed by atoms with Gasteiger partial charge in [-0.05, 0) is 43.4 Å². The fourth-order valence-corrected chi connectivity index (χ4v) is 3.84. The van der Waals surface area contributed by atoms with Gasteiger partial charge in [0.15, 0.2) is 0 Å². The molecule has 23 heavy (non-hydrogen) atoms. The molecule has 2 N–H and O–H groups in total. The number of anilines is 2. The van der Waals surface area contributed by atoms with Gasteiger partial charge in [-0.15, -0.1) is 12.4 Å². The Morgan fingerprint density at radius 2 is 2.00 bits per heavy atom. The summed E-state index contributed by atoms with van der Waals surface area (Å²) < 4.78 is 0. The Bertz CT molecular complexity index is 543. The number of hydrogen-bond donors (Lipinski definition) is 1. The minimum Gasteiger partial charge on any atom is -0.398 e. The highest BCUT2D eigenvalue weighted by atomic mass is 35.5. The average molecular weight is 338 g/mol. The number of fused-ring (bicyclic) bond motifs is 1. The van der Waals surface area contributed by atoms with Gasteiger partial charge in [0.1, 0.15) is 0 Å². The number of nitrogens with two attached hydrogens (primary N) is 1. The summed E-state index contributed by atoms with van der Waals surface area (Å²) in [6.07, 6.45) is 8.23. The molecule has 3 rings (SSSR count). The van der Waals surface area contributed by atoms with Crippen LogP contribution in [0.2, 0.25) is 0 Å². The molecule has 1 aliphatic carbocycles. The molecule has 1 aliphatic heterocycles. The van der Waals surface area contributed by atoms with Crippen LogP contribution in [0, 0.1) is 0 Å². The first-order valence-electron chi connectivity index (χ1n) is 8.55. The van der Waals surface area contributed by atoms with Gasteiger partial charge in [-0.1, -0.05) is 25.3 Å². The van der Waals surface area contributed by atoms with Crippen molar-refractivity contribution in [2.24, 2.45) is 0 Å². The fourth-order valence-electron chi connectivity index (χ4n) is 3.84. The predicted octanol–water partition coefficient (Wildman–Crippen LogP) is 3.23. The molecule has 5 heteroatoms. The number of amides is 1. The molecular formula is C18H28ClN3O. The van der Waals surface area contributed by atoms with Crippen molar-refractivity contribution < 1.29 is 4.79 Å². The van der Waals surface area contributed by atoms with Crippen molar-refractivity contribution in [3.8, 4) is 0 Å². The Balaban J connectivity index is 0.00000192. The lowest BCUT2D eigenvalue weighted by atomic mass is 9.94. The quantitative estimate of drug-likeness (QED) is 0.861. The zero-order chi connectivity index (χ0) is 15.5. The molecule has 1 amide bonds. The fraction of sp³-hybridized carbons (Fsp3) is 0.611. The molecule has 0 aromatic heterocycles. The lowest BCUT2D eigenvalue weighted by molar-refractivity contribution is -0.131. The lowest BCUT2D eigenvalue weighted by Gasteiger charge is -2.36. The molecule has 1 aromatic carbocycles. The molecular weight excluding hydrogens is 310 g/mol. The largest absolute Gasteiger partial charge is 0.398 e. The summed E-state index contributed by atoms with van der Waals surface area (Å²) in [4.78, 5) is 16.8. The van der Waals surface area contributed by atoms with Gasteiger partial charge in [0, 0.05) is 31.0 Å². The van der Waals surface area contributed by atoms with Crippen molar-refractivity contribution in [2.75, 3.05) is 30.8 Å². The molecule has 128 valence electrons. The molecule has 0 saturated heterocycles. The summed E-state index contributed by atoms with van der Waals surface area (Å²) >= 11 is 0. The molecule has 2 aliphatic rings. The van der Waals surface area contributed by atoms with E-state index in [-0.39, 0.29) is 18.3 Å². The van der Waals surface area contributed by atoms with Crippen molar-refractivity contribution in [1.29, 1.82) is 0 Å². The maximum atomic E-state index is 12.7. The summed E-state index contributed by atoms with van der Waals surface area (Å²) in [5.74, 6) is 0.238. The van der Waals surface area contributed by atoms with Crippen LogP contribution in [0.3, 0.4) is 0 Å². The molecule has 0 atom stereocenters. The monoisotopic (exact) mass is 337 g/mol.